The molecule has 1 aromatic heterocycles. The normalized spacial score (nSPS) is 9.56. The Morgan fingerprint density at radius 1 is 1.78 bits per heavy atom. The van der Waals surface area contributed by atoms with E-state index in [0.717, 1.165) is 6.20 Å². The molecule has 1 heterocycles. The molecule has 0 saturated heterocycles. The molecule has 0 aromatic carbocycles. The van der Waals surface area contributed by atoms with E-state index in [2.05, 4.69) is 5.10 Å². The molecule has 0 aliphatic heterocycles. The molecule has 0 atom stereocenters. The van der Waals surface area contributed by atoms with Crippen LogP contribution in [-0.2, 0) is 0 Å². The number of nitrogens with one attached hydrogen (secondary N) is 1. The number of nitrogens with zero attached hydrogens (tertiary/aromatic N) is 1. The highest BCUT2D eigenvalue weighted by Crippen LogP contribution is 2.03. The number of halogens is 2. The summed E-state index contributed by atoms with van der Waals surface area (Å²) in [5, 5.41) is 4.66. The summed E-state index contributed by atoms with van der Waals surface area (Å²) < 4.78 is 12.2. The largest absolute Gasteiger partial charge is 0.285 e. The van der Waals surface area contributed by atoms with Crippen LogP contribution in [0.15, 0.2) is 11.0 Å². The number of rotatable bonds is 0. The summed E-state index contributed by atoms with van der Waals surface area (Å²) in [6, 6.07) is 0. The van der Waals surface area contributed by atoms with Crippen molar-refractivity contribution >= 4 is 11.6 Å². The van der Waals surface area contributed by atoms with Crippen molar-refractivity contribution in [2.24, 2.45) is 0 Å². The van der Waals surface area contributed by atoms with Gasteiger partial charge in [0.1, 0.15) is 5.02 Å². The van der Waals surface area contributed by atoms with Crippen molar-refractivity contribution in [1.29, 1.82) is 0 Å². The Morgan fingerprint density at radius 2 is 2.44 bits per heavy atom. The third kappa shape index (κ3) is 1.08. The number of aromatic amines is 1. The van der Waals surface area contributed by atoms with Crippen LogP contribution in [0.4, 0.5) is 4.39 Å². The fourth-order valence-corrected chi connectivity index (χ4v) is 0.453. The molecule has 48 valence electrons. The van der Waals surface area contributed by atoms with Crippen molar-refractivity contribution < 1.29 is 4.39 Å². The van der Waals surface area contributed by atoms with E-state index in [9.17, 15) is 9.18 Å². The van der Waals surface area contributed by atoms with Gasteiger partial charge in [0.25, 0.3) is 5.56 Å². The third-order valence-electron chi connectivity index (χ3n) is 0.753. The van der Waals surface area contributed by atoms with E-state index in [-0.39, 0.29) is 0 Å². The van der Waals surface area contributed by atoms with Crippen molar-refractivity contribution in [3.8, 4) is 0 Å². The maximum atomic E-state index is 12.2. The van der Waals surface area contributed by atoms with Crippen molar-refractivity contribution in [1.82, 2.24) is 10.2 Å². The summed E-state index contributed by atoms with van der Waals surface area (Å²) in [5.41, 5.74) is -0.711. The Balaban J connectivity index is 3.43. The Kier molecular flexibility index (Phi) is 1.48. The van der Waals surface area contributed by atoms with Crippen molar-refractivity contribution in [2.45, 2.75) is 0 Å². The van der Waals surface area contributed by atoms with Crippen molar-refractivity contribution in [3.05, 3.63) is 27.4 Å². The molecule has 1 aromatic rings. The fourth-order valence-electron chi connectivity index (χ4n) is 0.362. The molecular formula is C4H2ClFN2O. The predicted molar refractivity (Wildman–Crippen MR) is 29.8 cm³/mol. The average molecular weight is 149 g/mol. The molecule has 0 saturated carbocycles. The predicted octanol–water partition coefficient (Wildman–Crippen LogP) is 0.562. The minimum Gasteiger partial charge on any atom is -0.266 e. The Bertz CT molecular complexity index is 272. The first kappa shape index (κ1) is 6.22. The minimum absolute atomic E-state index is 0.454. The van der Waals surface area contributed by atoms with Crippen LogP contribution in [0.25, 0.3) is 0 Å². The summed E-state index contributed by atoms with van der Waals surface area (Å²) in [4.78, 5) is 10.3. The maximum Gasteiger partial charge on any atom is 0.285 e. The van der Waals surface area contributed by atoms with E-state index in [1.54, 1.807) is 0 Å². The van der Waals surface area contributed by atoms with Crippen LogP contribution in [0.3, 0.4) is 0 Å². The molecule has 0 bridgehead atoms. The van der Waals surface area contributed by atoms with E-state index in [0.29, 0.717) is 0 Å². The number of H-pyrrole nitrogens is 1. The summed E-state index contributed by atoms with van der Waals surface area (Å²) >= 11 is 5.12. The van der Waals surface area contributed by atoms with Gasteiger partial charge in [-0.15, -0.1) is 0 Å². The van der Waals surface area contributed by atoms with Gasteiger partial charge in [-0.1, -0.05) is 11.6 Å². The van der Waals surface area contributed by atoms with Gasteiger partial charge in [0.2, 0.25) is 0 Å². The topological polar surface area (TPSA) is 45.8 Å². The van der Waals surface area contributed by atoms with Crippen LogP contribution >= 0.6 is 11.6 Å². The van der Waals surface area contributed by atoms with Gasteiger partial charge < -0.3 is 0 Å². The van der Waals surface area contributed by atoms with E-state index in [4.69, 9.17) is 11.6 Å². The van der Waals surface area contributed by atoms with Crippen LogP contribution in [-0.4, -0.2) is 10.2 Å². The van der Waals surface area contributed by atoms with Crippen LogP contribution in [0.1, 0.15) is 0 Å². The minimum atomic E-state index is -0.805. The smallest absolute Gasteiger partial charge is 0.266 e. The molecule has 0 spiro atoms. The van der Waals surface area contributed by atoms with Gasteiger partial charge in [-0.2, -0.15) is 5.10 Å². The van der Waals surface area contributed by atoms with Crippen molar-refractivity contribution in [2.75, 3.05) is 0 Å². The van der Waals surface area contributed by atoms with Gasteiger partial charge in [-0.25, -0.2) is 9.49 Å². The number of aromatic nitrogens is 2. The van der Waals surface area contributed by atoms with E-state index in [1.807, 2.05) is 5.10 Å². The Morgan fingerprint density at radius 3 is 2.89 bits per heavy atom. The van der Waals surface area contributed by atoms with Gasteiger partial charge in [-0.3, -0.25) is 4.79 Å². The summed E-state index contributed by atoms with van der Waals surface area (Å²) in [6.07, 6.45) is 0.837. The van der Waals surface area contributed by atoms with Gasteiger partial charge in [0.15, 0.2) is 5.82 Å². The van der Waals surface area contributed by atoms with E-state index >= 15 is 0 Å². The fraction of sp³-hybridized carbons (Fsp3) is 0. The van der Waals surface area contributed by atoms with Gasteiger partial charge in [0.05, 0.1) is 6.20 Å². The average Bonchev–Trinajstić information content (AvgIpc) is 1.83. The van der Waals surface area contributed by atoms with Crippen molar-refractivity contribution in [3.63, 3.8) is 0 Å². The molecule has 0 aliphatic carbocycles. The monoisotopic (exact) mass is 148 g/mol. The zero-order chi connectivity index (χ0) is 6.85. The highest BCUT2D eigenvalue weighted by molar-refractivity contribution is 6.30. The molecule has 9 heavy (non-hydrogen) atoms. The van der Waals surface area contributed by atoms with Crippen LogP contribution in [0, 0.1) is 5.82 Å². The second-order valence-corrected chi connectivity index (χ2v) is 1.74. The summed E-state index contributed by atoms with van der Waals surface area (Å²) in [6.45, 7) is 0. The highest BCUT2D eigenvalue weighted by atomic mass is 35.5. The second kappa shape index (κ2) is 2.14. The summed E-state index contributed by atoms with van der Waals surface area (Å²) in [5.74, 6) is -0.805. The lowest BCUT2D eigenvalue weighted by molar-refractivity contribution is 0.612. The van der Waals surface area contributed by atoms with Crippen LogP contribution in [0.2, 0.25) is 5.02 Å². The highest BCUT2D eigenvalue weighted by Gasteiger charge is 2.00. The Labute approximate surface area is 54.5 Å². The Hall–Kier alpha value is -0.900. The molecule has 0 radical (unpaired) electrons. The molecule has 0 fully saturated rings. The lowest BCUT2D eigenvalue weighted by Crippen LogP contribution is -2.09. The molecule has 1 N–H and O–H groups in total. The van der Waals surface area contributed by atoms with E-state index in [1.165, 1.54) is 0 Å². The lowest BCUT2D eigenvalue weighted by Gasteiger charge is -1.86. The third-order valence-corrected chi connectivity index (χ3v) is 1.11. The van der Waals surface area contributed by atoms with Gasteiger partial charge in [0, 0.05) is 0 Å². The first-order chi connectivity index (χ1) is 4.22. The lowest BCUT2D eigenvalue weighted by atomic mass is 10.5. The number of hydrogen-bond donors (Lipinski definition) is 1. The molecule has 3 nitrogen and oxygen atoms in total. The zero-order valence-corrected chi connectivity index (χ0v) is 4.94. The first-order valence-corrected chi connectivity index (χ1v) is 2.48. The van der Waals surface area contributed by atoms with E-state index < -0.39 is 16.4 Å². The summed E-state index contributed by atoms with van der Waals surface area (Å²) in [7, 11) is 0. The molecular weight excluding hydrogens is 147 g/mol. The SMILES string of the molecule is O=c1[nH]ncc(F)c1Cl. The molecule has 0 unspecified atom stereocenters. The second-order valence-electron chi connectivity index (χ2n) is 1.36. The van der Waals surface area contributed by atoms with Gasteiger partial charge in [-0.05, 0) is 0 Å². The molecule has 0 amide bonds. The maximum absolute atomic E-state index is 12.2. The zero-order valence-electron chi connectivity index (χ0n) is 4.19. The number of hydrogen-bond acceptors (Lipinski definition) is 2. The van der Waals surface area contributed by atoms with Crippen LogP contribution < -0.4 is 5.56 Å². The standard InChI is InChI=1S/C4H2ClFN2O/c5-3-2(6)1-7-8-4(3)9/h1H,(H,8,9). The van der Waals surface area contributed by atoms with Gasteiger partial charge >= 0.3 is 0 Å². The van der Waals surface area contributed by atoms with Crippen LogP contribution in [0.5, 0.6) is 0 Å². The molecule has 1 rings (SSSR count). The quantitative estimate of drug-likeness (QED) is 0.585. The molecule has 5 heteroatoms. The first-order valence-electron chi connectivity index (χ1n) is 2.10. The molecule has 0 aliphatic rings.